The molecule has 0 atom stereocenters. The average molecular weight is 339 g/mol. The Morgan fingerprint density at radius 1 is 1.24 bits per heavy atom. The molecule has 4 N–H and O–H groups in total. The molecule has 0 aliphatic rings. The smallest absolute Gasteiger partial charge is 0.224 e. The number of imidazole rings is 1. The van der Waals surface area contributed by atoms with Crippen molar-refractivity contribution in [3.8, 4) is 0 Å². The lowest BCUT2D eigenvalue weighted by atomic mass is 9.92. The van der Waals surface area contributed by atoms with E-state index in [1.807, 2.05) is 38.1 Å². The Balaban J connectivity index is 2.31. The molecule has 25 heavy (non-hydrogen) atoms. The number of anilines is 1. The van der Waals surface area contributed by atoms with Crippen molar-refractivity contribution in [3.05, 3.63) is 30.1 Å². The zero-order valence-electron chi connectivity index (χ0n) is 15.0. The minimum Gasteiger partial charge on any atom is -0.382 e. The van der Waals surface area contributed by atoms with Gasteiger partial charge >= 0.3 is 0 Å². The van der Waals surface area contributed by atoms with Crippen LogP contribution in [0, 0.1) is 5.41 Å². The van der Waals surface area contributed by atoms with Crippen LogP contribution in [-0.4, -0.2) is 20.4 Å². The summed E-state index contributed by atoms with van der Waals surface area (Å²) in [5, 5.41) is 0.988. The molecule has 1 amide bonds. The van der Waals surface area contributed by atoms with Gasteiger partial charge in [0.25, 0.3) is 0 Å². The SMILES string of the molecule is CCCCc1nc2c(N)nc3ccccc3c2n1CC(C)(C)C(N)=O. The predicted molar refractivity (Wildman–Crippen MR) is 101 cm³/mol. The summed E-state index contributed by atoms with van der Waals surface area (Å²) in [5.74, 6) is 1.01. The number of nitrogen functional groups attached to an aromatic ring is 1. The zero-order chi connectivity index (χ0) is 18.2. The summed E-state index contributed by atoms with van der Waals surface area (Å²) >= 11 is 0. The van der Waals surface area contributed by atoms with E-state index in [0.717, 1.165) is 41.5 Å². The van der Waals surface area contributed by atoms with Gasteiger partial charge in [-0.25, -0.2) is 9.97 Å². The lowest BCUT2D eigenvalue weighted by Crippen LogP contribution is -2.35. The maximum absolute atomic E-state index is 11.9. The summed E-state index contributed by atoms with van der Waals surface area (Å²) in [6.45, 7) is 6.33. The maximum Gasteiger partial charge on any atom is 0.224 e. The normalized spacial score (nSPS) is 12.1. The molecule has 0 radical (unpaired) electrons. The van der Waals surface area contributed by atoms with E-state index in [-0.39, 0.29) is 5.91 Å². The first kappa shape index (κ1) is 17.2. The summed E-state index contributed by atoms with van der Waals surface area (Å²) in [7, 11) is 0. The molecule has 1 aromatic carbocycles. The van der Waals surface area contributed by atoms with Crippen LogP contribution in [0.1, 0.15) is 39.4 Å². The molecule has 2 aromatic heterocycles. The Morgan fingerprint density at radius 2 is 1.96 bits per heavy atom. The quantitative estimate of drug-likeness (QED) is 0.721. The number of unbranched alkanes of at least 4 members (excludes halogenated alkanes) is 1. The number of nitrogens with zero attached hydrogens (tertiary/aromatic N) is 3. The second kappa shape index (κ2) is 6.35. The summed E-state index contributed by atoms with van der Waals surface area (Å²) in [4.78, 5) is 21.1. The van der Waals surface area contributed by atoms with Crippen LogP contribution in [-0.2, 0) is 17.8 Å². The van der Waals surface area contributed by atoms with Crippen molar-refractivity contribution in [3.63, 3.8) is 0 Å². The van der Waals surface area contributed by atoms with E-state index in [1.54, 1.807) is 0 Å². The lowest BCUT2D eigenvalue weighted by molar-refractivity contribution is -0.126. The molecule has 132 valence electrons. The Kier molecular flexibility index (Phi) is 4.37. The van der Waals surface area contributed by atoms with Gasteiger partial charge in [0.2, 0.25) is 5.91 Å². The largest absolute Gasteiger partial charge is 0.382 e. The molecule has 6 heteroatoms. The first-order valence-electron chi connectivity index (χ1n) is 8.68. The molecule has 0 fully saturated rings. The number of fused-ring (bicyclic) bond motifs is 3. The van der Waals surface area contributed by atoms with Crippen LogP contribution in [0.2, 0.25) is 0 Å². The minimum absolute atomic E-state index is 0.331. The minimum atomic E-state index is -0.687. The first-order valence-corrected chi connectivity index (χ1v) is 8.68. The van der Waals surface area contributed by atoms with E-state index >= 15 is 0 Å². The Labute approximate surface area is 147 Å². The number of carbonyl (C=O) groups excluding carboxylic acids is 1. The number of amides is 1. The molecule has 6 nitrogen and oxygen atoms in total. The van der Waals surface area contributed by atoms with E-state index < -0.39 is 5.41 Å². The molecule has 0 aliphatic heterocycles. The highest BCUT2D eigenvalue weighted by Crippen LogP contribution is 2.31. The molecule has 3 rings (SSSR count). The lowest BCUT2D eigenvalue weighted by Gasteiger charge is -2.23. The van der Waals surface area contributed by atoms with Gasteiger partial charge in [-0.2, -0.15) is 0 Å². The number of nitrogens with two attached hydrogens (primary N) is 2. The number of rotatable bonds is 6. The number of hydrogen-bond acceptors (Lipinski definition) is 4. The molecule has 2 heterocycles. The van der Waals surface area contributed by atoms with Gasteiger partial charge in [-0.1, -0.05) is 31.5 Å². The van der Waals surface area contributed by atoms with Gasteiger partial charge in [-0.15, -0.1) is 0 Å². The van der Waals surface area contributed by atoms with Crippen LogP contribution >= 0.6 is 0 Å². The number of aryl methyl sites for hydroxylation is 1. The molecule has 3 aromatic rings. The predicted octanol–water partition coefficient (Wildman–Crippen LogP) is 3.02. The second-order valence-corrected chi connectivity index (χ2v) is 7.18. The number of para-hydroxylation sites is 1. The van der Waals surface area contributed by atoms with Crippen LogP contribution in [0.3, 0.4) is 0 Å². The third-order valence-electron chi connectivity index (χ3n) is 4.66. The number of hydrogen-bond donors (Lipinski definition) is 2. The Morgan fingerprint density at radius 3 is 2.64 bits per heavy atom. The fourth-order valence-electron chi connectivity index (χ4n) is 3.07. The first-order chi connectivity index (χ1) is 11.8. The van der Waals surface area contributed by atoms with E-state index in [4.69, 9.17) is 16.5 Å². The van der Waals surface area contributed by atoms with E-state index in [9.17, 15) is 4.79 Å². The number of aromatic nitrogens is 3. The number of primary amides is 1. The van der Waals surface area contributed by atoms with Gasteiger partial charge in [0, 0.05) is 18.4 Å². The molecule has 0 bridgehead atoms. The zero-order valence-corrected chi connectivity index (χ0v) is 15.0. The van der Waals surface area contributed by atoms with Gasteiger partial charge in [0.05, 0.1) is 16.4 Å². The Bertz CT molecular complexity index is 942. The maximum atomic E-state index is 11.9. The summed E-state index contributed by atoms with van der Waals surface area (Å²) < 4.78 is 2.11. The standard InChI is InChI=1S/C19H25N5O/c1-4-5-10-14-23-15-16(24(14)11-19(2,3)18(21)25)12-8-6-7-9-13(12)22-17(15)20/h6-9H,4-5,10-11H2,1-3H3,(H2,20,22)(H2,21,25). The summed E-state index contributed by atoms with van der Waals surface area (Å²) in [6.07, 6.45) is 2.91. The van der Waals surface area contributed by atoms with Crippen LogP contribution in [0.5, 0.6) is 0 Å². The van der Waals surface area contributed by atoms with E-state index in [0.29, 0.717) is 17.9 Å². The molecule has 0 unspecified atom stereocenters. The number of carbonyl (C=O) groups is 1. The van der Waals surface area contributed by atoms with Crippen LogP contribution in [0.4, 0.5) is 5.82 Å². The van der Waals surface area contributed by atoms with Gasteiger partial charge < -0.3 is 16.0 Å². The third-order valence-corrected chi connectivity index (χ3v) is 4.66. The topological polar surface area (TPSA) is 99.8 Å². The van der Waals surface area contributed by atoms with Crippen LogP contribution in [0.25, 0.3) is 21.9 Å². The van der Waals surface area contributed by atoms with Gasteiger partial charge in [0.1, 0.15) is 11.3 Å². The van der Waals surface area contributed by atoms with Crippen LogP contribution < -0.4 is 11.5 Å². The Hall–Kier alpha value is -2.63. The fraction of sp³-hybridized carbons (Fsp3) is 0.421. The van der Waals surface area contributed by atoms with Crippen molar-refractivity contribution in [1.29, 1.82) is 0 Å². The number of benzene rings is 1. The fourth-order valence-corrected chi connectivity index (χ4v) is 3.07. The number of pyridine rings is 1. The van der Waals surface area contributed by atoms with Crippen molar-refractivity contribution in [2.24, 2.45) is 11.1 Å². The monoisotopic (exact) mass is 339 g/mol. The molecule has 0 spiro atoms. The second-order valence-electron chi connectivity index (χ2n) is 7.18. The highest BCUT2D eigenvalue weighted by Gasteiger charge is 2.28. The van der Waals surface area contributed by atoms with Crippen molar-refractivity contribution in [2.75, 3.05) is 5.73 Å². The van der Waals surface area contributed by atoms with Crippen LogP contribution in [0.15, 0.2) is 24.3 Å². The average Bonchev–Trinajstić information content (AvgIpc) is 2.92. The third kappa shape index (κ3) is 3.04. The van der Waals surface area contributed by atoms with Crippen molar-refractivity contribution >= 4 is 33.7 Å². The molecule has 0 saturated carbocycles. The molecule has 0 aliphatic carbocycles. The van der Waals surface area contributed by atoms with Gasteiger partial charge in [-0.3, -0.25) is 4.79 Å². The van der Waals surface area contributed by atoms with Crippen molar-refractivity contribution in [2.45, 2.75) is 46.6 Å². The van der Waals surface area contributed by atoms with Crippen molar-refractivity contribution < 1.29 is 4.79 Å². The van der Waals surface area contributed by atoms with Gasteiger partial charge in [0.15, 0.2) is 5.82 Å². The molecule has 0 saturated heterocycles. The van der Waals surface area contributed by atoms with E-state index in [2.05, 4.69) is 16.5 Å². The van der Waals surface area contributed by atoms with Crippen molar-refractivity contribution in [1.82, 2.24) is 14.5 Å². The van der Waals surface area contributed by atoms with Gasteiger partial charge in [-0.05, 0) is 26.3 Å². The summed E-state index contributed by atoms with van der Waals surface area (Å²) in [6, 6.07) is 7.87. The summed E-state index contributed by atoms with van der Waals surface area (Å²) in [5.41, 5.74) is 13.6. The molecular formula is C19H25N5O. The highest BCUT2D eigenvalue weighted by atomic mass is 16.1. The highest BCUT2D eigenvalue weighted by molar-refractivity contribution is 6.06. The molecular weight excluding hydrogens is 314 g/mol. The van der Waals surface area contributed by atoms with E-state index in [1.165, 1.54) is 0 Å².